The summed E-state index contributed by atoms with van der Waals surface area (Å²) in [5, 5.41) is 19.0. The van der Waals surface area contributed by atoms with E-state index in [4.69, 9.17) is 22.8 Å². The molecule has 2 unspecified atom stereocenters. The van der Waals surface area contributed by atoms with Crippen LogP contribution in [-0.2, 0) is 0 Å². The number of nitrogens with zero attached hydrogens (tertiary/aromatic N) is 4. The fraction of sp³-hybridized carbons (Fsp3) is 0.682. The van der Waals surface area contributed by atoms with Crippen LogP contribution in [0.1, 0.15) is 72.8 Å². The fourth-order valence-electron chi connectivity index (χ4n) is 3.60. The van der Waals surface area contributed by atoms with Gasteiger partial charge in [0.2, 0.25) is 0 Å². The average Bonchev–Trinajstić information content (AvgIpc) is 3.47. The first-order chi connectivity index (χ1) is 14.0. The van der Waals surface area contributed by atoms with Crippen molar-refractivity contribution in [3.8, 4) is 6.01 Å². The van der Waals surface area contributed by atoms with Crippen LogP contribution in [0.25, 0.3) is 10.9 Å². The summed E-state index contributed by atoms with van der Waals surface area (Å²) in [5.74, 6) is 1.45. The van der Waals surface area contributed by atoms with E-state index in [1.807, 2.05) is 20.8 Å². The van der Waals surface area contributed by atoms with E-state index in [1.165, 1.54) is 25.7 Å². The number of aromatic nitrogens is 3. The summed E-state index contributed by atoms with van der Waals surface area (Å²) < 4.78 is 4.93. The van der Waals surface area contributed by atoms with E-state index in [9.17, 15) is 0 Å². The van der Waals surface area contributed by atoms with E-state index < -0.39 is 6.48 Å². The van der Waals surface area contributed by atoms with Crippen LogP contribution in [0.3, 0.4) is 0 Å². The van der Waals surface area contributed by atoms with Crippen molar-refractivity contribution in [1.29, 1.82) is 0 Å². The summed E-state index contributed by atoms with van der Waals surface area (Å²) >= 11 is 0. The fourth-order valence-corrected chi connectivity index (χ4v) is 3.60. The first kappa shape index (κ1) is 26.1. The Balaban J connectivity index is 0.000000691. The normalized spacial score (nSPS) is 19.4. The van der Waals surface area contributed by atoms with Crippen molar-refractivity contribution >= 4 is 30.2 Å². The number of rotatable bonds is 3. The number of pyridine rings is 1. The molecule has 2 fully saturated rings. The zero-order valence-electron chi connectivity index (χ0n) is 18.2. The van der Waals surface area contributed by atoms with E-state index >= 15 is 0 Å². The third-order valence-corrected chi connectivity index (χ3v) is 4.97. The molecule has 4 rings (SSSR count). The molecule has 3 heterocycles. The van der Waals surface area contributed by atoms with Gasteiger partial charge < -0.3 is 19.8 Å². The largest absolute Gasteiger partial charge is 0.408 e. The maximum absolute atomic E-state index is 9.11. The lowest BCUT2D eigenvalue weighted by Crippen LogP contribution is -2.29. The predicted molar refractivity (Wildman–Crippen MR) is 123 cm³/mol. The number of ether oxygens (including phenoxy) is 1. The highest BCUT2D eigenvalue weighted by molar-refractivity contribution is 6.32. The molecule has 2 aromatic rings. The van der Waals surface area contributed by atoms with Gasteiger partial charge in [-0.1, -0.05) is 48.0 Å². The van der Waals surface area contributed by atoms with Crippen molar-refractivity contribution in [3.63, 3.8) is 0 Å². The topological polar surface area (TPSA) is 91.6 Å². The number of fused-ring (bicyclic) bond motifs is 2. The first-order valence-electron chi connectivity index (χ1n) is 10.7. The van der Waals surface area contributed by atoms with Crippen LogP contribution in [0, 0.1) is 12.8 Å². The Bertz CT molecular complexity index is 804. The van der Waals surface area contributed by atoms with Crippen LogP contribution in [0.2, 0.25) is 0 Å². The van der Waals surface area contributed by atoms with Crippen molar-refractivity contribution < 1.29 is 14.9 Å². The Morgan fingerprint density at radius 1 is 1.23 bits per heavy atom. The maximum Gasteiger partial charge on any atom is 0.323 e. The molecule has 8 heteroatoms. The highest BCUT2D eigenvalue weighted by Gasteiger charge is 2.43. The molecule has 0 bridgehead atoms. The molecule has 1 saturated heterocycles. The molecule has 2 radical (unpaired) electrons. The van der Waals surface area contributed by atoms with E-state index in [0.717, 1.165) is 29.7 Å². The van der Waals surface area contributed by atoms with E-state index in [2.05, 4.69) is 33.7 Å². The number of hydrogen-bond donors (Lipinski definition) is 2. The summed E-state index contributed by atoms with van der Waals surface area (Å²) in [7, 11) is 5.90. The van der Waals surface area contributed by atoms with Gasteiger partial charge in [-0.3, -0.25) is 4.98 Å². The van der Waals surface area contributed by atoms with Gasteiger partial charge in [-0.15, -0.1) is 0 Å². The van der Waals surface area contributed by atoms with Crippen molar-refractivity contribution in [3.05, 3.63) is 11.8 Å². The third-order valence-electron chi connectivity index (χ3n) is 4.97. The van der Waals surface area contributed by atoms with E-state index in [-0.39, 0.29) is 13.4 Å². The molecule has 2 aromatic heterocycles. The second-order valence-electron chi connectivity index (χ2n) is 7.26. The standard InChI is InChI=1S/C16H19BN4O3.C3H8.C2H6.CH4/c1-8-12-10(7-18-13(8)17)14(20-15(19-12)24-16(22)23)21-5-3-2-4-9-6-11(9)21;1-3-2;1-2;/h7,9,11,16,22-23H,2-6H2,1H3;3H2,1-2H3;1-2H3;1H4. The average molecular weight is 416 g/mol. The zero-order chi connectivity index (χ0) is 21.6. The van der Waals surface area contributed by atoms with Crippen LogP contribution in [0.5, 0.6) is 6.01 Å². The SMILES string of the molecule is C.CC.CCC.[B]c1ncc2c(N3CCCCC4CC43)nc(OC(O)O)nc2c1C. The Morgan fingerprint density at radius 2 is 1.90 bits per heavy atom. The lowest BCUT2D eigenvalue weighted by Gasteiger charge is -2.25. The molecule has 1 aliphatic heterocycles. The Labute approximate surface area is 182 Å². The van der Waals surface area contributed by atoms with Crippen LogP contribution in [-0.4, -0.2) is 52.1 Å². The predicted octanol–water partition coefficient (Wildman–Crippen LogP) is 3.23. The first-order valence-corrected chi connectivity index (χ1v) is 10.7. The molecule has 30 heavy (non-hydrogen) atoms. The molecular formula is C22H37BN4O3. The lowest BCUT2D eigenvalue weighted by atomic mass is 9.97. The summed E-state index contributed by atoms with van der Waals surface area (Å²) in [4.78, 5) is 15.3. The van der Waals surface area contributed by atoms with Gasteiger partial charge >= 0.3 is 12.5 Å². The number of aliphatic hydroxyl groups excluding tert-OH is 1. The Kier molecular flexibility index (Phi) is 10.5. The lowest BCUT2D eigenvalue weighted by molar-refractivity contribution is -0.183. The Morgan fingerprint density at radius 3 is 2.53 bits per heavy atom. The van der Waals surface area contributed by atoms with Gasteiger partial charge in [0.05, 0.1) is 10.9 Å². The molecule has 1 aliphatic carbocycles. The van der Waals surface area contributed by atoms with Crippen molar-refractivity contribution in [2.45, 2.75) is 86.7 Å². The van der Waals surface area contributed by atoms with Gasteiger partial charge in [-0.05, 0) is 43.3 Å². The van der Waals surface area contributed by atoms with Gasteiger partial charge in [-0.2, -0.15) is 9.97 Å². The van der Waals surface area contributed by atoms with Gasteiger partial charge in [0.15, 0.2) is 0 Å². The summed E-state index contributed by atoms with van der Waals surface area (Å²) in [6, 6.07) is 0.415. The second-order valence-corrected chi connectivity index (χ2v) is 7.26. The quantitative estimate of drug-likeness (QED) is 0.586. The summed E-state index contributed by atoms with van der Waals surface area (Å²) in [6.45, 7) is 9.04. The van der Waals surface area contributed by atoms with E-state index in [0.29, 0.717) is 23.1 Å². The molecule has 2 aliphatic rings. The van der Waals surface area contributed by atoms with Crippen LogP contribution >= 0.6 is 0 Å². The molecule has 166 valence electrons. The van der Waals surface area contributed by atoms with Crippen LogP contribution in [0.4, 0.5) is 5.82 Å². The molecule has 1 saturated carbocycles. The van der Waals surface area contributed by atoms with E-state index in [1.54, 1.807) is 6.20 Å². The molecule has 2 atom stereocenters. The molecule has 2 N–H and O–H groups in total. The zero-order valence-corrected chi connectivity index (χ0v) is 18.2. The monoisotopic (exact) mass is 416 g/mol. The van der Waals surface area contributed by atoms with Crippen molar-refractivity contribution in [2.75, 3.05) is 11.4 Å². The maximum atomic E-state index is 9.11. The van der Waals surface area contributed by atoms with Crippen LogP contribution in [0.15, 0.2) is 6.20 Å². The highest BCUT2D eigenvalue weighted by atomic mass is 16.7. The highest BCUT2D eigenvalue weighted by Crippen LogP contribution is 2.45. The molecule has 0 amide bonds. The van der Waals surface area contributed by atoms with Gasteiger partial charge in [0.1, 0.15) is 13.7 Å². The van der Waals surface area contributed by atoms with Crippen molar-refractivity contribution in [2.24, 2.45) is 5.92 Å². The number of anilines is 1. The molecule has 0 spiro atoms. The molecular weight excluding hydrogens is 379 g/mol. The second kappa shape index (κ2) is 12.1. The summed E-state index contributed by atoms with van der Waals surface area (Å²) in [5.41, 5.74) is 1.75. The number of aryl methyl sites for hydroxylation is 1. The number of hydrogen-bond acceptors (Lipinski definition) is 7. The molecule has 0 aromatic carbocycles. The Hall–Kier alpha value is -1.93. The third kappa shape index (κ3) is 6.05. The van der Waals surface area contributed by atoms with Crippen LogP contribution < -0.4 is 15.2 Å². The summed E-state index contributed by atoms with van der Waals surface area (Å²) in [6.07, 6.45) is 7.70. The minimum absolute atomic E-state index is 0. The molecule has 7 nitrogen and oxygen atoms in total. The van der Waals surface area contributed by atoms with Gasteiger partial charge in [-0.25, -0.2) is 0 Å². The smallest absolute Gasteiger partial charge is 0.323 e. The van der Waals surface area contributed by atoms with Gasteiger partial charge in [0, 0.05) is 18.8 Å². The van der Waals surface area contributed by atoms with Gasteiger partial charge in [0.25, 0.3) is 0 Å². The minimum atomic E-state index is -1.97. The van der Waals surface area contributed by atoms with Crippen molar-refractivity contribution in [1.82, 2.24) is 15.0 Å². The minimum Gasteiger partial charge on any atom is -0.408 e. The number of aliphatic hydroxyl groups is 2.